The van der Waals surface area contributed by atoms with Crippen LogP contribution >= 0.6 is 0 Å². The average Bonchev–Trinajstić information content (AvgIpc) is 2.75. The first-order valence-electron chi connectivity index (χ1n) is 7.67. The summed E-state index contributed by atoms with van der Waals surface area (Å²) in [6, 6.07) is 3.39. The van der Waals surface area contributed by atoms with E-state index in [0.29, 0.717) is 0 Å². The Hall–Kier alpha value is -2.11. The van der Waals surface area contributed by atoms with Gasteiger partial charge in [-0.2, -0.15) is 0 Å². The fourth-order valence-electron chi connectivity index (χ4n) is 3.13. The summed E-state index contributed by atoms with van der Waals surface area (Å²) in [6.45, 7) is 3.89. The highest BCUT2D eigenvalue weighted by atomic mass is 16.2. The minimum Gasteiger partial charge on any atom is -0.341 e. The summed E-state index contributed by atoms with van der Waals surface area (Å²) < 4.78 is 0. The largest absolute Gasteiger partial charge is 0.341 e. The van der Waals surface area contributed by atoms with Crippen molar-refractivity contribution in [2.45, 2.75) is 44.8 Å². The van der Waals surface area contributed by atoms with E-state index >= 15 is 0 Å². The number of unbranched alkanes of at least 4 members (excludes halogenated alkanes) is 1. The number of hydrogen-bond acceptors (Lipinski definition) is 3. The Labute approximate surface area is 131 Å². The van der Waals surface area contributed by atoms with Crippen molar-refractivity contribution in [3.63, 3.8) is 0 Å². The Morgan fingerprint density at radius 1 is 1.50 bits per heavy atom. The fraction of sp³-hybridized carbons (Fsp3) is 0.562. The molecule has 1 aliphatic rings. The van der Waals surface area contributed by atoms with Crippen LogP contribution in [-0.4, -0.2) is 47.0 Å². The molecule has 0 saturated carbocycles. The second-order valence-corrected chi connectivity index (χ2v) is 5.78. The zero-order chi connectivity index (χ0) is 16.3. The van der Waals surface area contributed by atoms with Gasteiger partial charge in [-0.15, -0.1) is 0 Å². The summed E-state index contributed by atoms with van der Waals surface area (Å²) in [5, 5.41) is 2.67. The molecule has 120 valence electrons. The number of carbonyl (C=O) groups is 2. The number of amides is 3. The van der Waals surface area contributed by atoms with Crippen molar-refractivity contribution in [2.75, 3.05) is 14.1 Å². The average molecular weight is 304 g/mol. The number of hydrogen-bond donors (Lipinski definition) is 1. The van der Waals surface area contributed by atoms with Crippen LogP contribution < -0.4 is 5.32 Å². The highest BCUT2D eigenvalue weighted by molar-refractivity contribution is 5.95. The van der Waals surface area contributed by atoms with Gasteiger partial charge in [0, 0.05) is 32.1 Å². The lowest BCUT2D eigenvalue weighted by atomic mass is 9.91. The summed E-state index contributed by atoms with van der Waals surface area (Å²) in [5.74, 6) is -0.0785. The van der Waals surface area contributed by atoms with E-state index in [1.54, 1.807) is 49.3 Å². The maximum absolute atomic E-state index is 12.9. The van der Waals surface area contributed by atoms with Crippen molar-refractivity contribution in [3.05, 3.63) is 30.1 Å². The zero-order valence-electron chi connectivity index (χ0n) is 13.7. The van der Waals surface area contributed by atoms with Gasteiger partial charge in [0.05, 0.1) is 0 Å². The molecule has 1 aromatic rings. The fourth-order valence-corrected chi connectivity index (χ4v) is 3.13. The molecule has 0 radical (unpaired) electrons. The van der Waals surface area contributed by atoms with Crippen LogP contribution in [0.15, 0.2) is 24.5 Å². The van der Waals surface area contributed by atoms with Crippen molar-refractivity contribution in [1.29, 1.82) is 0 Å². The number of rotatable bonds is 4. The lowest BCUT2D eigenvalue weighted by molar-refractivity contribution is -0.132. The van der Waals surface area contributed by atoms with Gasteiger partial charge in [0.25, 0.3) is 5.91 Å². The Bertz CT molecular complexity index is 548. The molecule has 6 heteroatoms. The molecular formula is C16H24N4O2. The van der Waals surface area contributed by atoms with Gasteiger partial charge >= 0.3 is 6.03 Å². The first kappa shape index (κ1) is 16.3. The molecule has 1 fully saturated rings. The van der Waals surface area contributed by atoms with Gasteiger partial charge < -0.3 is 10.2 Å². The molecule has 2 rings (SSSR count). The van der Waals surface area contributed by atoms with Gasteiger partial charge in [-0.05, 0) is 25.8 Å². The zero-order valence-corrected chi connectivity index (χ0v) is 13.7. The first-order chi connectivity index (χ1) is 10.5. The minimum absolute atomic E-state index is 0.0785. The minimum atomic E-state index is -1.03. The summed E-state index contributed by atoms with van der Waals surface area (Å²) in [4.78, 5) is 32.8. The molecule has 0 aromatic carbocycles. The summed E-state index contributed by atoms with van der Waals surface area (Å²) >= 11 is 0. The van der Waals surface area contributed by atoms with E-state index in [4.69, 9.17) is 0 Å². The van der Waals surface area contributed by atoms with Crippen molar-refractivity contribution in [2.24, 2.45) is 0 Å². The number of nitrogens with zero attached hydrogens (tertiary/aromatic N) is 3. The quantitative estimate of drug-likeness (QED) is 0.924. The number of urea groups is 1. The molecular weight excluding hydrogens is 280 g/mol. The van der Waals surface area contributed by atoms with Crippen LogP contribution in [0.1, 0.15) is 38.7 Å². The predicted molar refractivity (Wildman–Crippen MR) is 84.0 cm³/mol. The lowest BCUT2D eigenvalue weighted by Gasteiger charge is -2.35. The van der Waals surface area contributed by atoms with Crippen LogP contribution in [0.25, 0.3) is 0 Å². The third-order valence-electron chi connectivity index (χ3n) is 4.44. The van der Waals surface area contributed by atoms with Crippen molar-refractivity contribution in [3.8, 4) is 0 Å². The van der Waals surface area contributed by atoms with E-state index in [0.717, 1.165) is 24.8 Å². The standard InChI is InChI=1S/C16H24N4O2/c1-5-6-9-13-19(4)14(21)16(2,20(13)15(22)17-3)12-8-7-10-18-11-12/h7-8,10-11,13H,5-6,9H2,1-4H3,(H,17,22). The van der Waals surface area contributed by atoms with Gasteiger partial charge in [-0.25, -0.2) is 4.79 Å². The van der Waals surface area contributed by atoms with E-state index in [9.17, 15) is 9.59 Å². The Morgan fingerprint density at radius 3 is 2.77 bits per heavy atom. The van der Waals surface area contributed by atoms with Gasteiger partial charge in [-0.3, -0.25) is 14.7 Å². The molecule has 22 heavy (non-hydrogen) atoms. The predicted octanol–water partition coefficient (Wildman–Crippen LogP) is 1.93. The molecule has 1 N–H and O–H groups in total. The number of aromatic nitrogens is 1. The molecule has 1 saturated heterocycles. The van der Waals surface area contributed by atoms with Gasteiger partial charge in [-0.1, -0.05) is 19.4 Å². The van der Waals surface area contributed by atoms with Crippen LogP contribution in [-0.2, 0) is 10.3 Å². The van der Waals surface area contributed by atoms with Crippen LogP contribution in [0.3, 0.4) is 0 Å². The van der Waals surface area contributed by atoms with E-state index in [1.165, 1.54) is 0 Å². The Kier molecular flexibility index (Phi) is 4.68. The summed E-state index contributed by atoms with van der Waals surface area (Å²) in [6.07, 6.45) is 5.82. The van der Waals surface area contributed by atoms with Crippen LogP contribution in [0.4, 0.5) is 4.79 Å². The van der Waals surface area contributed by atoms with E-state index in [2.05, 4.69) is 17.2 Å². The Morgan fingerprint density at radius 2 is 2.23 bits per heavy atom. The van der Waals surface area contributed by atoms with Gasteiger partial charge in [0.1, 0.15) is 11.7 Å². The van der Waals surface area contributed by atoms with Crippen LogP contribution in [0, 0.1) is 0 Å². The van der Waals surface area contributed by atoms with Crippen LogP contribution in [0.2, 0.25) is 0 Å². The molecule has 0 aliphatic carbocycles. The maximum atomic E-state index is 12.9. The molecule has 1 aromatic heterocycles. The van der Waals surface area contributed by atoms with Crippen molar-refractivity contribution >= 4 is 11.9 Å². The molecule has 1 aliphatic heterocycles. The maximum Gasteiger partial charge on any atom is 0.319 e. The number of pyridine rings is 1. The summed E-state index contributed by atoms with van der Waals surface area (Å²) in [7, 11) is 3.35. The summed E-state index contributed by atoms with van der Waals surface area (Å²) in [5.41, 5.74) is -0.295. The second kappa shape index (κ2) is 6.34. The van der Waals surface area contributed by atoms with Gasteiger partial charge in [0.2, 0.25) is 0 Å². The molecule has 2 heterocycles. The Balaban J connectivity index is 2.50. The molecule has 6 nitrogen and oxygen atoms in total. The van der Waals surface area contributed by atoms with Crippen molar-refractivity contribution in [1.82, 2.24) is 20.1 Å². The molecule has 2 atom stereocenters. The number of carbonyl (C=O) groups excluding carboxylic acids is 2. The van der Waals surface area contributed by atoms with E-state index < -0.39 is 5.54 Å². The highest BCUT2D eigenvalue weighted by Gasteiger charge is 2.56. The smallest absolute Gasteiger partial charge is 0.319 e. The topological polar surface area (TPSA) is 65.5 Å². The van der Waals surface area contributed by atoms with Gasteiger partial charge in [0.15, 0.2) is 0 Å². The third-order valence-corrected chi connectivity index (χ3v) is 4.44. The lowest BCUT2D eigenvalue weighted by Crippen LogP contribution is -2.52. The third kappa shape index (κ3) is 2.42. The second-order valence-electron chi connectivity index (χ2n) is 5.78. The molecule has 0 bridgehead atoms. The highest BCUT2D eigenvalue weighted by Crippen LogP contribution is 2.40. The number of likely N-dealkylation sites (N-methyl/N-ethyl adjacent to an activating group) is 1. The molecule has 3 amide bonds. The van der Waals surface area contributed by atoms with Crippen molar-refractivity contribution < 1.29 is 9.59 Å². The monoisotopic (exact) mass is 304 g/mol. The van der Waals surface area contributed by atoms with Crippen LogP contribution in [0.5, 0.6) is 0 Å². The van der Waals surface area contributed by atoms with E-state index in [1.807, 2.05) is 6.07 Å². The first-order valence-corrected chi connectivity index (χ1v) is 7.67. The molecule has 2 unspecified atom stereocenters. The van der Waals surface area contributed by atoms with E-state index in [-0.39, 0.29) is 18.1 Å². The normalized spacial score (nSPS) is 24.7. The molecule has 0 spiro atoms. The SMILES string of the molecule is CCCCC1N(C)C(=O)C(C)(c2cccnc2)N1C(=O)NC. The number of nitrogens with one attached hydrogen (secondary N) is 1.